The van der Waals surface area contributed by atoms with Gasteiger partial charge in [-0.1, -0.05) is 72.8 Å². The maximum Gasteiger partial charge on any atom is 0.233 e. The summed E-state index contributed by atoms with van der Waals surface area (Å²) in [6.07, 6.45) is 0. The molecule has 0 heterocycles. The normalized spacial score (nSPS) is 10.1. The molecule has 0 saturated heterocycles. The molecular formula is C43H30N4O6. The first-order chi connectivity index (χ1) is 25.8. The lowest BCUT2D eigenvalue weighted by Crippen LogP contribution is -2.32. The van der Waals surface area contributed by atoms with Gasteiger partial charge in [0.05, 0.1) is 18.7 Å². The number of carbonyl (C=O) groups excluding carboxylic acids is 4. The van der Waals surface area contributed by atoms with Crippen molar-refractivity contribution in [3.8, 4) is 29.7 Å². The molecule has 0 aliphatic rings. The Morgan fingerprint density at radius 1 is 0.453 bits per heavy atom. The predicted octanol–water partition coefficient (Wildman–Crippen LogP) is 7.11. The van der Waals surface area contributed by atoms with E-state index in [1.807, 2.05) is 11.0 Å². The van der Waals surface area contributed by atoms with Crippen molar-refractivity contribution < 1.29 is 28.7 Å². The van der Waals surface area contributed by atoms with Crippen LogP contribution in [0.5, 0.6) is 11.5 Å². The van der Waals surface area contributed by atoms with Crippen molar-refractivity contribution in [3.63, 3.8) is 0 Å². The van der Waals surface area contributed by atoms with Crippen LogP contribution in [-0.4, -0.2) is 49.4 Å². The van der Waals surface area contributed by atoms with E-state index in [9.17, 15) is 35.0 Å². The minimum Gasteiger partial charge on any atom is -0.492 e. The summed E-state index contributed by atoms with van der Waals surface area (Å²) in [6.45, 7) is 1.21. The Kier molecular flexibility index (Phi) is 12.4. The first-order valence-electron chi connectivity index (χ1n) is 16.4. The molecule has 10 nitrogen and oxygen atoms in total. The highest BCUT2D eigenvalue weighted by molar-refractivity contribution is 6.49. The molecule has 258 valence electrons. The van der Waals surface area contributed by atoms with Crippen LogP contribution in [0.4, 0.5) is 5.69 Å². The molecule has 0 aromatic heterocycles. The molecule has 0 saturated carbocycles. The molecule has 0 radical (unpaired) electrons. The van der Waals surface area contributed by atoms with E-state index in [-0.39, 0.29) is 35.5 Å². The van der Waals surface area contributed by atoms with Gasteiger partial charge < -0.3 is 14.4 Å². The molecule has 0 fully saturated rings. The molecule has 5 aromatic rings. The fraction of sp³-hybridized carbons (Fsp3) is 0.0930. The van der Waals surface area contributed by atoms with Gasteiger partial charge in [-0.2, -0.15) is 15.8 Å². The minimum atomic E-state index is -0.620. The van der Waals surface area contributed by atoms with Crippen LogP contribution in [0.15, 0.2) is 139 Å². The molecule has 53 heavy (non-hydrogen) atoms. The molecule has 5 rings (SSSR count). The Hall–Kier alpha value is -7.61. The molecule has 5 aromatic carbocycles. The molecule has 0 unspecified atom stereocenters. The minimum absolute atomic E-state index is 0.0282. The van der Waals surface area contributed by atoms with E-state index in [1.165, 1.54) is 24.3 Å². The zero-order chi connectivity index (χ0) is 37.6. The summed E-state index contributed by atoms with van der Waals surface area (Å²) in [5.74, 6) is -1.45. The van der Waals surface area contributed by atoms with E-state index in [0.717, 1.165) is 5.69 Å². The number of ketones is 4. The second kappa shape index (κ2) is 17.9. The molecule has 0 amide bonds. The van der Waals surface area contributed by atoms with Gasteiger partial charge in [0, 0.05) is 27.9 Å². The molecule has 10 heteroatoms. The second-order valence-electron chi connectivity index (χ2n) is 11.4. The van der Waals surface area contributed by atoms with Crippen molar-refractivity contribution >= 4 is 34.4 Å². The van der Waals surface area contributed by atoms with Crippen LogP contribution in [0, 0.1) is 34.0 Å². The van der Waals surface area contributed by atoms with Crippen LogP contribution in [0.25, 0.3) is 5.57 Å². The Morgan fingerprint density at radius 2 is 0.811 bits per heavy atom. The van der Waals surface area contributed by atoms with E-state index >= 15 is 0 Å². The monoisotopic (exact) mass is 698 g/mol. The largest absolute Gasteiger partial charge is 0.492 e. The van der Waals surface area contributed by atoms with Crippen LogP contribution in [0.3, 0.4) is 0 Å². The van der Waals surface area contributed by atoms with E-state index < -0.39 is 23.1 Å². The number of nitriles is 3. The lowest BCUT2D eigenvalue weighted by atomic mass is 10.0. The third kappa shape index (κ3) is 9.34. The Balaban J connectivity index is 1.24. The highest BCUT2D eigenvalue weighted by atomic mass is 16.5. The third-order valence-electron chi connectivity index (χ3n) is 8.08. The number of hydrogen-bond donors (Lipinski definition) is 0. The summed E-state index contributed by atoms with van der Waals surface area (Å²) in [6, 6.07) is 41.5. The molecule has 0 bridgehead atoms. The Bertz CT molecular complexity index is 2130. The molecular weight excluding hydrogens is 668 g/mol. The van der Waals surface area contributed by atoms with E-state index in [2.05, 4.69) is 0 Å². The zero-order valence-corrected chi connectivity index (χ0v) is 28.3. The van der Waals surface area contributed by atoms with Crippen molar-refractivity contribution in [1.82, 2.24) is 0 Å². The van der Waals surface area contributed by atoms with Crippen LogP contribution in [0.2, 0.25) is 0 Å². The Labute approximate surface area is 306 Å². The number of allylic oxidation sites excluding steroid dienone is 2. The molecule has 0 aliphatic carbocycles. The number of ether oxygens (including phenoxy) is 2. The van der Waals surface area contributed by atoms with Gasteiger partial charge in [0.25, 0.3) is 0 Å². The summed E-state index contributed by atoms with van der Waals surface area (Å²) in [5, 5.41) is 28.1. The zero-order valence-electron chi connectivity index (χ0n) is 28.3. The van der Waals surface area contributed by atoms with Crippen LogP contribution in [0.1, 0.15) is 47.0 Å². The van der Waals surface area contributed by atoms with E-state index in [4.69, 9.17) is 9.47 Å². The number of rotatable bonds is 16. The summed E-state index contributed by atoms with van der Waals surface area (Å²) in [4.78, 5) is 52.6. The van der Waals surface area contributed by atoms with Crippen molar-refractivity contribution in [1.29, 1.82) is 15.8 Å². The first-order valence-corrected chi connectivity index (χ1v) is 16.4. The molecule has 0 aliphatic heterocycles. The van der Waals surface area contributed by atoms with E-state index in [1.54, 1.807) is 121 Å². The lowest BCUT2D eigenvalue weighted by molar-refractivity contribution is 0.0817. The number of Topliss-reactive ketones (excluding diaryl/α,β-unsaturated/α-hetero) is 4. The fourth-order valence-electron chi connectivity index (χ4n) is 5.27. The van der Waals surface area contributed by atoms with Crippen molar-refractivity contribution in [2.75, 3.05) is 31.2 Å². The number of anilines is 1. The maximum absolute atomic E-state index is 12.7. The van der Waals surface area contributed by atoms with Gasteiger partial charge in [-0.15, -0.1) is 0 Å². The van der Waals surface area contributed by atoms with Crippen molar-refractivity contribution in [2.24, 2.45) is 0 Å². The van der Waals surface area contributed by atoms with Crippen LogP contribution < -0.4 is 14.4 Å². The highest BCUT2D eigenvalue weighted by Crippen LogP contribution is 2.23. The van der Waals surface area contributed by atoms with Crippen molar-refractivity contribution in [3.05, 3.63) is 167 Å². The van der Waals surface area contributed by atoms with Gasteiger partial charge in [-0.25, -0.2) is 0 Å². The molecule has 0 spiro atoms. The number of carbonyl (C=O) groups is 4. The van der Waals surface area contributed by atoms with Crippen molar-refractivity contribution in [2.45, 2.75) is 0 Å². The summed E-state index contributed by atoms with van der Waals surface area (Å²) in [7, 11) is 0. The maximum atomic E-state index is 12.7. The topological polar surface area (TPSA) is 161 Å². The standard InChI is InChI=1S/C43H30N4O6/c44-27-35(28-45)39(29-46)30-11-17-36(18-12-30)47(23-25-52-37-19-13-33(14-20-37)42(50)40(48)31-7-3-1-4-8-31)24-26-53-38-21-15-34(16-22-38)43(51)41(49)32-9-5-2-6-10-32/h1-22H,23-26H2. The third-order valence-corrected chi connectivity index (χ3v) is 8.08. The fourth-order valence-corrected chi connectivity index (χ4v) is 5.27. The van der Waals surface area contributed by atoms with Gasteiger partial charge in [-0.05, 0) is 66.2 Å². The van der Waals surface area contributed by atoms with Gasteiger partial charge in [0.1, 0.15) is 48.5 Å². The van der Waals surface area contributed by atoms with Gasteiger partial charge in [-0.3, -0.25) is 19.2 Å². The number of nitrogens with zero attached hydrogens (tertiary/aromatic N) is 4. The van der Waals surface area contributed by atoms with Crippen LogP contribution >= 0.6 is 0 Å². The summed E-state index contributed by atoms with van der Waals surface area (Å²) in [5.41, 5.74) is 1.96. The quantitative estimate of drug-likeness (QED) is 0.0590. The SMILES string of the molecule is N#CC(C#N)=C(C#N)c1ccc(N(CCOc2ccc(C(=O)C(=O)c3ccccc3)cc2)CCOc2ccc(C(=O)C(=O)c3ccccc3)cc2)cc1. The molecule has 0 atom stereocenters. The number of benzene rings is 5. The molecule has 0 N–H and O–H groups in total. The van der Waals surface area contributed by atoms with Gasteiger partial charge >= 0.3 is 0 Å². The lowest BCUT2D eigenvalue weighted by Gasteiger charge is -2.25. The summed E-state index contributed by atoms with van der Waals surface area (Å²) >= 11 is 0. The van der Waals surface area contributed by atoms with Crippen LogP contribution in [-0.2, 0) is 0 Å². The average molecular weight is 699 g/mol. The average Bonchev–Trinajstić information content (AvgIpc) is 3.22. The van der Waals surface area contributed by atoms with Gasteiger partial charge in [0.15, 0.2) is 0 Å². The second-order valence-corrected chi connectivity index (χ2v) is 11.4. The van der Waals surface area contributed by atoms with Gasteiger partial charge in [0.2, 0.25) is 23.1 Å². The predicted molar refractivity (Wildman–Crippen MR) is 196 cm³/mol. The smallest absolute Gasteiger partial charge is 0.233 e. The highest BCUT2D eigenvalue weighted by Gasteiger charge is 2.19. The first kappa shape index (κ1) is 36.7. The van der Waals surface area contributed by atoms with E-state index in [0.29, 0.717) is 41.3 Å². The Morgan fingerprint density at radius 3 is 1.17 bits per heavy atom. The number of hydrogen-bond acceptors (Lipinski definition) is 10. The summed E-state index contributed by atoms with van der Waals surface area (Å²) < 4.78 is 11.9.